The quantitative estimate of drug-likeness (QED) is 0.557. The van der Waals surface area contributed by atoms with Gasteiger partial charge in [-0.25, -0.2) is 4.79 Å². The van der Waals surface area contributed by atoms with Crippen LogP contribution in [-0.4, -0.2) is 35.7 Å². The lowest BCUT2D eigenvalue weighted by Crippen LogP contribution is -2.52. The van der Waals surface area contributed by atoms with Gasteiger partial charge in [0.2, 0.25) is 6.41 Å². The minimum absolute atomic E-state index is 0.0439. The highest BCUT2D eigenvalue weighted by Crippen LogP contribution is 2.23. The van der Waals surface area contributed by atoms with E-state index in [4.69, 9.17) is 9.84 Å². The van der Waals surface area contributed by atoms with Crippen LogP contribution in [-0.2, 0) is 14.3 Å². The van der Waals surface area contributed by atoms with E-state index >= 15 is 0 Å². The summed E-state index contributed by atoms with van der Waals surface area (Å²) in [6.45, 7) is 1.82. The molecule has 0 spiro atoms. The normalized spacial score (nSPS) is 34.6. The number of carbonyl (C=O) groups is 2. The van der Waals surface area contributed by atoms with E-state index in [1.165, 1.54) is 0 Å². The Morgan fingerprint density at radius 1 is 1.83 bits per heavy atom. The minimum atomic E-state index is -1.21. The second-order valence-corrected chi connectivity index (χ2v) is 2.98. The molecule has 2 unspecified atom stereocenters. The van der Waals surface area contributed by atoms with Crippen LogP contribution in [0.25, 0.3) is 0 Å². The Hall–Kier alpha value is -1.10. The fraction of sp³-hybridized carbons (Fsp3) is 0.714. The maximum Gasteiger partial charge on any atom is 0.331 e. The van der Waals surface area contributed by atoms with Crippen LogP contribution in [0.2, 0.25) is 0 Å². The van der Waals surface area contributed by atoms with Crippen molar-refractivity contribution in [2.75, 3.05) is 6.61 Å². The van der Waals surface area contributed by atoms with Gasteiger partial charge in [-0.05, 0) is 6.92 Å². The first-order valence-corrected chi connectivity index (χ1v) is 3.67. The Balaban J connectivity index is 2.74. The molecular formula is C7H11NO4. The predicted molar refractivity (Wildman–Crippen MR) is 39.6 cm³/mol. The number of aliphatic carboxylic acids is 1. The zero-order chi connectivity index (χ0) is 9.19. The number of ether oxygens (including phenoxy) is 1. The van der Waals surface area contributed by atoms with Gasteiger partial charge in [0.05, 0.1) is 12.7 Å². The molecule has 1 aliphatic rings. The minimum Gasteiger partial charge on any atom is -0.479 e. The summed E-state index contributed by atoms with van der Waals surface area (Å²) in [6, 6.07) is 0. The number of rotatable bonds is 3. The molecule has 2 N–H and O–H groups in total. The van der Waals surface area contributed by atoms with Gasteiger partial charge in [0.25, 0.3) is 0 Å². The molecular weight excluding hydrogens is 162 g/mol. The summed E-state index contributed by atoms with van der Waals surface area (Å²) in [4.78, 5) is 20.9. The van der Waals surface area contributed by atoms with Crippen LogP contribution < -0.4 is 5.32 Å². The van der Waals surface area contributed by atoms with E-state index in [1.807, 2.05) is 0 Å². The topological polar surface area (TPSA) is 75.6 Å². The van der Waals surface area contributed by atoms with Gasteiger partial charge in [-0.1, -0.05) is 0 Å². The van der Waals surface area contributed by atoms with Crippen molar-refractivity contribution in [1.29, 1.82) is 0 Å². The Morgan fingerprint density at radius 2 is 2.50 bits per heavy atom. The van der Waals surface area contributed by atoms with Crippen molar-refractivity contribution in [3.8, 4) is 0 Å². The van der Waals surface area contributed by atoms with E-state index in [0.717, 1.165) is 0 Å². The summed E-state index contributed by atoms with van der Waals surface area (Å²) in [6.07, 6.45) is 0.602. The first-order valence-electron chi connectivity index (χ1n) is 3.67. The standard InChI is InChI=1S/C7H11NO4/c1-5-2-7(3-12-5,6(10)11)8-4-9/h4-5H,2-3H2,1H3,(H,8,9)(H,10,11). The summed E-state index contributed by atoms with van der Waals surface area (Å²) in [5.74, 6) is -1.04. The van der Waals surface area contributed by atoms with E-state index in [1.54, 1.807) is 6.92 Å². The molecule has 5 nitrogen and oxygen atoms in total. The zero-order valence-corrected chi connectivity index (χ0v) is 6.74. The van der Waals surface area contributed by atoms with E-state index in [2.05, 4.69) is 5.32 Å². The number of hydrogen-bond donors (Lipinski definition) is 2. The third kappa shape index (κ3) is 1.40. The average Bonchev–Trinajstić information content (AvgIpc) is 2.34. The maximum absolute atomic E-state index is 10.8. The number of carboxylic acid groups (broad SMARTS) is 1. The number of carboxylic acids is 1. The van der Waals surface area contributed by atoms with Crippen molar-refractivity contribution < 1.29 is 19.4 Å². The molecule has 0 bridgehead atoms. The monoisotopic (exact) mass is 173 g/mol. The lowest BCUT2D eigenvalue weighted by molar-refractivity contribution is -0.146. The van der Waals surface area contributed by atoms with Crippen molar-refractivity contribution in [3.05, 3.63) is 0 Å². The van der Waals surface area contributed by atoms with E-state index < -0.39 is 11.5 Å². The summed E-state index contributed by atoms with van der Waals surface area (Å²) in [7, 11) is 0. The van der Waals surface area contributed by atoms with Crippen LogP contribution in [0.15, 0.2) is 0 Å². The first kappa shape index (κ1) is 8.99. The molecule has 1 aliphatic heterocycles. The van der Waals surface area contributed by atoms with Crippen LogP contribution in [0, 0.1) is 0 Å². The van der Waals surface area contributed by atoms with Crippen LogP contribution in [0.5, 0.6) is 0 Å². The largest absolute Gasteiger partial charge is 0.479 e. The highest BCUT2D eigenvalue weighted by atomic mass is 16.5. The molecule has 5 heteroatoms. The molecule has 1 heterocycles. The lowest BCUT2D eigenvalue weighted by Gasteiger charge is -2.20. The Labute approximate surface area is 69.7 Å². The van der Waals surface area contributed by atoms with Crippen molar-refractivity contribution in [2.24, 2.45) is 0 Å². The summed E-state index contributed by atoms with van der Waals surface area (Å²) < 4.78 is 5.08. The van der Waals surface area contributed by atoms with Crippen molar-refractivity contribution in [1.82, 2.24) is 5.32 Å². The van der Waals surface area contributed by atoms with Gasteiger partial charge in [-0.3, -0.25) is 4.79 Å². The molecule has 0 aliphatic carbocycles. The van der Waals surface area contributed by atoms with Crippen molar-refractivity contribution in [2.45, 2.75) is 25.0 Å². The SMILES string of the molecule is CC1CC(NC=O)(C(=O)O)CO1. The molecule has 0 saturated carbocycles. The molecule has 2 atom stereocenters. The molecule has 1 rings (SSSR count). The second kappa shape index (κ2) is 3.10. The van der Waals surface area contributed by atoms with Crippen LogP contribution in [0.4, 0.5) is 0 Å². The number of hydrogen-bond acceptors (Lipinski definition) is 3. The number of carbonyl (C=O) groups excluding carboxylic acids is 1. The predicted octanol–water partition coefficient (Wildman–Crippen LogP) is -0.635. The van der Waals surface area contributed by atoms with Crippen LogP contribution in [0.1, 0.15) is 13.3 Å². The van der Waals surface area contributed by atoms with Gasteiger partial charge in [0.15, 0.2) is 5.54 Å². The molecule has 0 aromatic heterocycles. The zero-order valence-electron chi connectivity index (χ0n) is 6.74. The lowest BCUT2D eigenvalue weighted by atomic mass is 9.97. The smallest absolute Gasteiger partial charge is 0.331 e. The maximum atomic E-state index is 10.8. The third-order valence-corrected chi connectivity index (χ3v) is 1.99. The molecule has 1 saturated heterocycles. The fourth-order valence-electron chi connectivity index (χ4n) is 1.32. The Kier molecular flexibility index (Phi) is 2.32. The molecule has 0 aromatic carbocycles. The Bertz CT molecular complexity index is 206. The molecule has 0 aromatic rings. The van der Waals surface area contributed by atoms with Gasteiger partial charge in [-0.15, -0.1) is 0 Å². The van der Waals surface area contributed by atoms with Gasteiger partial charge in [-0.2, -0.15) is 0 Å². The Morgan fingerprint density at radius 3 is 2.83 bits per heavy atom. The molecule has 12 heavy (non-hydrogen) atoms. The van der Waals surface area contributed by atoms with E-state index in [0.29, 0.717) is 12.8 Å². The van der Waals surface area contributed by atoms with Crippen molar-refractivity contribution in [3.63, 3.8) is 0 Å². The van der Waals surface area contributed by atoms with Crippen LogP contribution in [0.3, 0.4) is 0 Å². The van der Waals surface area contributed by atoms with Gasteiger partial charge >= 0.3 is 5.97 Å². The molecule has 1 amide bonds. The van der Waals surface area contributed by atoms with E-state index in [9.17, 15) is 9.59 Å². The third-order valence-electron chi connectivity index (χ3n) is 1.99. The first-order chi connectivity index (χ1) is 5.60. The van der Waals surface area contributed by atoms with Gasteiger partial charge in [0.1, 0.15) is 0 Å². The average molecular weight is 173 g/mol. The fourth-order valence-corrected chi connectivity index (χ4v) is 1.32. The summed E-state index contributed by atoms with van der Waals surface area (Å²) in [5, 5.41) is 11.1. The molecule has 1 fully saturated rings. The number of nitrogens with one attached hydrogen (secondary N) is 1. The van der Waals surface area contributed by atoms with Crippen molar-refractivity contribution >= 4 is 12.4 Å². The highest BCUT2D eigenvalue weighted by molar-refractivity contribution is 5.82. The van der Waals surface area contributed by atoms with Gasteiger partial charge in [0, 0.05) is 6.42 Å². The van der Waals surface area contributed by atoms with Gasteiger partial charge < -0.3 is 15.2 Å². The molecule has 68 valence electrons. The summed E-state index contributed by atoms with van der Waals surface area (Å²) in [5.41, 5.74) is -1.21. The second-order valence-electron chi connectivity index (χ2n) is 2.98. The highest BCUT2D eigenvalue weighted by Gasteiger charge is 2.45. The van der Waals surface area contributed by atoms with Crippen LogP contribution >= 0.6 is 0 Å². The summed E-state index contributed by atoms with van der Waals surface area (Å²) >= 11 is 0. The van der Waals surface area contributed by atoms with E-state index in [-0.39, 0.29) is 12.7 Å². The number of amides is 1. The molecule has 0 radical (unpaired) electrons.